The monoisotopic (exact) mass is 197 g/mol. The third-order valence-electron chi connectivity index (χ3n) is 3.35. The Bertz CT molecular complexity index is 168. The second kappa shape index (κ2) is 5.13. The number of ether oxygens (including phenoxy) is 1. The van der Waals surface area contributed by atoms with Gasteiger partial charge in [0, 0.05) is 19.2 Å². The lowest BCUT2D eigenvalue weighted by molar-refractivity contribution is 0.0576. The molecule has 2 nitrogen and oxygen atoms in total. The van der Waals surface area contributed by atoms with E-state index in [1.165, 1.54) is 38.5 Å². The summed E-state index contributed by atoms with van der Waals surface area (Å²) in [6, 6.07) is 0.735. The summed E-state index contributed by atoms with van der Waals surface area (Å²) in [6.07, 6.45) is 8.56. The van der Waals surface area contributed by atoms with E-state index >= 15 is 0 Å². The van der Waals surface area contributed by atoms with Crippen LogP contribution in [0.2, 0.25) is 0 Å². The molecule has 1 N–H and O–H groups in total. The summed E-state index contributed by atoms with van der Waals surface area (Å²) in [6.45, 7) is 4.37. The third-order valence-corrected chi connectivity index (χ3v) is 3.35. The first kappa shape index (κ1) is 10.4. The zero-order chi connectivity index (χ0) is 9.80. The van der Waals surface area contributed by atoms with Gasteiger partial charge < -0.3 is 10.1 Å². The minimum atomic E-state index is 0.512. The van der Waals surface area contributed by atoms with Gasteiger partial charge in [-0.1, -0.05) is 19.8 Å². The van der Waals surface area contributed by atoms with Crippen molar-refractivity contribution in [2.45, 2.75) is 57.6 Å². The Kier molecular flexibility index (Phi) is 3.82. The van der Waals surface area contributed by atoms with Gasteiger partial charge in [0.05, 0.1) is 6.10 Å². The van der Waals surface area contributed by atoms with E-state index in [9.17, 15) is 0 Å². The highest BCUT2D eigenvalue weighted by Crippen LogP contribution is 2.30. The van der Waals surface area contributed by atoms with Gasteiger partial charge in [-0.05, 0) is 31.6 Å². The predicted octanol–water partition coefficient (Wildman–Crippen LogP) is 2.33. The van der Waals surface area contributed by atoms with Crippen LogP contribution < -0.4 is 5.32 Å². The molecule has 0 bridgehead atoms. The van der Waals surface area contributed by atoms with Crippen LogP contribution in [-0.4, -0.2) is 25.3 Å². The van der Waals surface area contributed by atoms with Crippen molar-refractivity contribution in [3.8, 4) is 0 Å². The summed E-state index contributed by atoms with van der Waals surface area (Å²) in [5.41, 5.74) is 0. The molecule has 0 amide bonds. The summed E-state index contributed by atoms with van der Waals surface area (Å²) in [5.74, 6) is 0.907. The summed E-state index contributed by atoms with van der Waals surface area (Å²) in [7, 11) is 0. The summed E-state index contributed by atoms with van der Waals surface area (Å²) >= 11 is 0. The molecule has 0 unspecified atom stereocenters. The van der Waals surface area contributed by atoms with Gasteiger partial charge in [0.15, 0.2) is 0 Å². The predicted molar refractivity (Wildman–Crippen MR) is 58.4 cm³/mol. The molecule has 1 aliphatic heterocycles. The number of unbranched alkanes of at least 4 members (excludes halogenated alkanes) is 1. The van der Waals surface area contributed by atoms with E-state index in [0.29, 0.717) is 6.10 Å². The molecule has 0 radical (unpaired) electrons. The molecule has 0 aromatic carbocycles. The average molecular weight is 197 g/mol. The fraction of sp³-hybridized carbons (Fsp3) is 1.00. The second-order valence-corrected chi connectivity index (χ2v) is 4.88. The van der Waals surface area contributed by atoms with Crippen molar-refractivity contribution < 1.29 is 4.74 Å². The highest BCUT2D eigenvalue weighted by Gasteiger charge is 2.27. The van der Waals surface area contributed by atoms with E-state index in [-0.39, 0.29) is 0 Å². The van der Waals surface area contributed by atoms with Crippen molar-refractivity contribution in [3.63, 3.8) is 0 Å². The smallest absolute Gasteiger partial charge is 0.0714 e. The Morgan fingerprint density at radius 2 is 2.21 bits per heavy atom. The average Bonchev–Trinajstić information content (AvgIpc) is 2.92. The van der Waals surface area contributed by atoms with Gasteiger partial charge in [0.25, 0.3) is 0 Å². The van der Waals surface area contributed by atoms with E-state index in [0.717, 1.165) is 25.1 Å². The van der Waals surface area contributed by atoms with Crippen LogP contribution >= 0.6 is 0 Å². The van der Waals surface area contributed by atoms with Gasteiger partial charge in [-0.2, -0.15) is 0 Å². The molecule has 0 aromatic rings. The van der Waals surface area contributed by atoms with Gasteiger partial charge >= 0.3 is 0 Å². The van der Waals surface area contributed by atoms with Crippen molar-refractivity contribution in [2.24, 2.45) is 5.92 Å². The normalized spacial score (nSPS) is 32.4. The molecule has 2 heteroatoms. The largest absolute Gasteiger partial charge is 0.377 e. The van der Waals surface area contributed by atoms with Gasteiger partial charge in [0.2, 0.25) is 0 Å². The Morgan fingerprint density at radius 3 is 2.93 bits per heavy atom. The van der Waals surface area contributed by atoms with Crippen molar-refractivity contribution >= 4 is 0 Å². The van der Waals surface area contributed by atoms with E-state index in [1.54, 1.807) is 0 Å². The van der Waals surface area contributed by atoms with E-state index < -0.39 is 0 Å². The molecule has 1 heterocycles. The van der Waals surface area contributed by atoms with Crippen LogP contribution in [0, 0.1) is 5.92 Å². The van der Waals surface area contributed by atoms with Gasteiger partial charge in [-0.15, -0.1) is 0 Å². The molecule has 82 valence electrons. The maximum Gasteiger partial charge on any atom is 0.0714 e. The molecule has 2 aliphatic rings. The molecular weight excluding hydrogens is 174 g/mol. The van der Waals surface area contributed by atoms with Crippen LogP contribution in [-0.2, 0) is 4.74 Å². The van der Waals surface area contributed by atoms with Crippen LogP contribution in [0.3, 0.4) is 0 Å². The fourth-order valence-corrected chi connectivity index (χ4v) is 2.14. The minimum Gasteiger partial charge on any atom is -0.377 e. The van der Waals surface area contributed by atoms with Crippen LogP contribution in [0.1, 0.15) is 45.4 Å². The quantitative estimate of drug-likeness (QED) is 0.705. The lowest BCUT2D eigenvalue weighted by Gasteiger charge is -2.10. The lowest BCUT2D eigenvalue weighted by atomic mass is 10.1. The van der Waals surface area contributed by atoms with Crippen molar-refractivity contribution in [1.82, 2.24) is 5.32 Å². The van der Waals surface area contributed by atoms with E-state index in [4.69, 9.17) is 4.74 Å². The molecule has 14 heavy (non-hydrogen) atoms. The maximum atomic E-state index is 5.87. The van der Waals surface area contributed by atoms with Crippen LogP contribution in [0.15, 0.2) is 0 Å². The molecule has 2 rings (SSSR count). The van der Waals surface area contributed by atoms with Crippen molar-refractivity contribution in [1.29, 1.82) is 0 Å². The molecule has 1 saturated heterocycles. The van der Waals surface area contributed by atoms with Crippen LogP contribution in [0.4, 0.5) is 0 Å². The highest BCUT2D eigenvalue weighted by atomic mass is 16.5. The van der Waals surface area contributed by atoms with Crippen LogP contribution in [0.25, 0.3) is 0 Å². The van der Waals surface area contributed by atoms with E-state index in [2.05, 4.69) is 12.2 Å². The van der Waals surface area contributed by atoms with Gasteiger partial charge in [-0.3, -0.25) is 0 Å². The first-order valence-electron chi connectivity index (χ1n) is 6.23. The zero-order valence-electron chi connectivity index (χ0n) is 9.30. The zero-order valence-corrected chi connectivity index (χ0v) is 9.30. The maximum absolute atomic E-state index is 5.87. The van der Waals surface area contributed by atoms with Gasteiger partial charge in [-0.25, -0.2) is 0 Å². The first-order chi connectivity index (χ1) is 6.88. The Balaban J connectivity index is 1.56. The lowest BCUT2D eigenvalue weighted by Crippen LogP contribution is -2.21. The summed E-state index contributed by atoms with van der Waals surface area (Å²) in [5, 5.41) is 3.56. The number of rotatable bonds is 6. The Labute approximate surface area is 87.4 Å². The number of hydrogen-bond donors (Lipinski definition) is 1. The van der Waals surface area contributed by atoms with Crippen LogP contribution in [0.5, 0.6) is 0 Å². The van der Waals surface area contributed by atoms with Gasteiger partial charge in [0.1, 0.15) is 0 Å². The first-order valence-corrected chi connectivity index (χ1v) is 6.23. The Morgan fingerprint density at radius 1 is 1.36 bits per heavy atom. The van der Waals surface area contributed by atoms with Crippen molar-refractivity contribution in [2.75, 3.05) is 13.2 Å². The summed E-state index contributed by atoms with van der Waals surface area (Å²) < 4.78 is 5.87. The topological polar surface area (TPSA) is 21.3 Å². The molecule has 2 fully saturated rings. The molecule has 0 aromatic heterocycles. The summed E-state index contributed by atoms with van der Waals surface area (Å²) in [4.78, 5) is 0. The number of hydrogen-bond acceptors (Lipinski definition) is 2. The molecule has 1 saturated carbocycles. The SMILES string of the molecule is CCCC[C@H]1C[C@H](OCC2CC2)CN1. The number of nitrogens with one attached hydrogen (secondary N) is 1. The standard InChI is InChI=1S/C12H23NO/c1-2-3-4-11-7-12(8-13-11)14-9-10-5-6-10/h10-13H,2-9H2,1H3/t11-,12-/m0/s1. The minimum absolute atomic E-state index is 0.512. The fourth-order valence-electron chi connectivity index (χ4n) is 2.14. The molecule has 0 spiro atoms. The highest BCUT2D eigenvalue weighted by molar-refractivity contribution is 4.83. The molecule has 2 atom stereocenters. The second-order valence-electron chi connectivity index (χ2n) is 4.88. The van der Waals surface area contributed by atoms with Crippen molar-refractivity contribution in [3.05, 3.63) is 0 Å². The Hall–Kier alpha value is -0.0800. The van der Waals surface area contributed by atoms with E-state index in [1.807, 2.05) is 0 Å². The third kappa shape index (κ3) is 3.25. The molecular formula is C12H23NO. The molecule has 1 aliphatic carbocycles.